The number of H-pyrrole nitrogens is 1. The molecule has 0 saturated carbocycles. The van der Waals surface area contributed by atoms with E-state index in [-0.39, 0.29) is 11.7 Å². The fourth-order valence-corrected chi connectivity index (χ4v) is 4.73. The minimum Gasteiger partial charge on any atom is -0.325 e. The Balaban J connectivity index is 1.41. The van der Waals surface area contributed by atoms with Crippen molar-refractivity contribution in [2.24, 2.45) is 0 Å². The summed E-state index contributed by atoms with van der Waals surface area (Å²) in [5, 5.41) is 16.6. The number of carbonyl (C=O) groups excluding carboxylic acids is 1. The van der Waals surface area contributed by atoms with Gasteiger partial charge in [0.1, 0.15) is 0 Å². The number of hydrogen-bond donors (Lipinski definition) is 2. The lowest BCUT2D eigenvalue weighted by atomic mass is 10.1. The molecule has 3 aromatic heterocycles. The lowest BCUT2D eigenvalue weighted by Crippen LogP contribution is -2.15. The van der Waals surface area contributed by atoms with Gasteiger partial charge in [-0.3, -0.25) is 9.89 Å². The number of hydrogen-bond acceptors (Lipinski definition) is 6. The predicted octanol–water partition coefficient (Wildman–Crippen LogP) is 4.44. The number of rotatable bonds is 7. The van der Waals surface area contributed by atoms with Crippen LogP contribution < -0.4 is 5.32 Å². The molecule has 0 unspecified atom stereocenters. The van der Waals surface area contributed by atoms with Crippen LogP contribution in [0.15, 0.2) is 53.7 Å². The highest BCUT2D eigenvalue weighted by Crippen LogP contribution is 2.25. The Morgan fingerprint density at radius 3 is 2.62 bits per heavy atom. The molecule has 1 amide bonds. The van der Waals surface area contributed by atoms with Crippen LogP contribution in [0.4, 0.5) is 5.69 Å². The number of thioether (sulfide) groups is 1. The average molecular weight is 472 g/mol. The summed E-state index contributed by atoms with van der Waals surface area (Å²) < 4.78 is 1.76. The van der Waals surface area contributed by atoms with Crippen molar-refractivity contribution in [3.63, 3.8) is 0 Å². The number of aryl methyl sites for hydroxylation is 4. The van der Waals surface area contributed by atoms with Crippen LogP contribution in [0.5, 0.6) is 0 Å². The third-order valence-electron chi connectivity index (χ3n) is 5.82. The third kappa shape index (κ3) is 4.38. The van der Waals surface area contributed by atoms with E-state index in [9.17, 15) is 4.79 Å². The summed E-state index contributed by atoms with van der Waals surface area (Å²) in [5.74, 6) is 0.871. The van der Waals surface area contributed by atoms with Crippen molar-refractivity contribution in [3.05, 3.63) is 76.9 Å². The Bertz CT molecular complexity index is 1480. The number of nitrogens with zero attached hydrogens (tertiary/aromatic N) is 5. The van der Waals surface area contributed by atoms with Crippen LogP contribution in [-0.2, 0) is 17.6 Å². The summed E-state index contributed by atoms with van der Waals surface area (Å²) in [4.78, 5) is 22.2. The number of aromatic nitrogens is 6. The van der Waals surface area contributed by atoms with Gasteiger partial charge >= 0.3 is 0 Å². The second kappa shape index (κ2) is 9.26. The summed E-state index contributed by atoms with van der Waals surface area (Å²) >= 11 is 1.35. The molecule has 0 aliphatic heterocycles. The van der Waals surface area contributed by atoms with Crippen LogP contribution >= 0.6 is 11.8 Å². The largest absolute Gasteiger partial charge is 0.325 e. The highest BCUT2D eigenvalue weighted by molar-refractivity contribution is 7.99. The van der Waals surface area contributed by atoms with Gasteiger partial charge < -0.3 is 5.32 Å². The summed E-state index contributed by atoms with van der Waals surface area (Å²) in [6.45, 7) is 6.01. The Kier molecular flexibility index (Phi) is 6.02. The molecule has 0 spiro atoms. The van der Waals surface area contributed by atoms with Gasteiger partial charge in [-0.1, -0.05) is 42.1 Å². The summed E-state index contributed by atoms with van der Waals surface area (Å²) in [5.41, 5.74) is 6.70. The second-order valence-electron chi connectivity index (χ2n) is 8.24. The first kappa shape index (κ1) is 22.1. The van der Waals surface area contributed by atoms with E-state index in [1.165, 1.54) is 17.3 Å². The number of para-hydroxylation sites is 2. The number of nitrogens with one attached hydrogen (secondary N) is 2. The number of aromatic amines is 1. The van der Waals surface area contributed by atoms with Gasteiger partial charge in [-0.15, -0.1) is 5.10 Å². The minimum atomic E-state index is -0.0892. The molecule has 0 aliphatic carbocycles. The molecule has 3 heterocycles. The van der Waals surface area contributed by atoms with Crippen molar-refractivity contribution in [3.8, 4) is 0 Å². The molecule has 9 heteroatoms. The maximum absolute atomic E-state index is 12.6. The van der Waals surface area contributed by atoms with Crippen LogP contribution in [-0.4, -0.2) is 41.4 Å². The van der Waals surface area contributed by atoms with Gasteiger partial charge in [0.25, 0.3) is 0 Å². The van der Waals surface area contributed by atoms with Crippen molar-refractivity contribution >= 4 is 39.9 Å². The zero-order valence-corrected chi connectivity index (χ0v) is 20.1. The van der Waals surface area contributed by atoms with E-state index in [2.05, 4.69) is 15.5 Å². The molecular weight excluding hydrogens is 446 g/mol. The summed E-state index contributed by atoms with van der Waals surface area (Å²) in [6, 6.07) is 15.6. The Hall–Kier alpha value is -3.72. The SMILES string of the molecule is Cc1ccccc1NC(=O)CSc1nc2ccccc2c2nc(CCc3c(C)n[nH]c3C)nn12. The Labute approximate surface area is 201 Å². The maximum Gasteiger partial charge on any atom is 0.234 e. The topological polar surface area (TPSA) is 101 Å². The summed E-state index contributed by atoms with van der Waals surface area (Å²) in [6.07, 6.45) is 1.49. The number of anilines is 1. The third-order valence-corrected chi connectivity index (χ3v) is 6.75. The van der Waals surface area contributed by atoms with Gasteiger partial charge in [-0.25, -0.2) is 9.97 Å². The van der Waals surface area contributed by atoms with Gasteiger partial charge in [0.2, 0.25) is 5.91 Å². The number of amides is 1. The van der Waals surface area contributed by atoms with Crippen molar-refractivity contribution in [2.75, 3.05) is 11.1 Å². The molecule has 0 bridgehead atoms. The van der Waals surface area contributed by atoms with Crippen LogP contribution in [0.3, 0.4) is 0 Å². The maximum atomic E-state index is 12.6. The Morgan fingerprint density at radius 1 is 1.03 bits per heavy atom. The van der Waals surface area contributed by atoms with Crippen LogP contribution in [0, 0.1) is 20.8 Å². The zero-order chi connectivity index (χ0) is 23.7. The quantitative estimate of drug-likeness (QED) is 0.269. The first-order valence-electron chi connectivity index (χ1n) is 11.1. The average Bonchev–Trinajstić information content (AvgIpc) is 3.41. The lowest BCUT2D eigenvalue weighted by Gasteiger charge is -2.08. The smallest absolute Gasteiger partial charge is 0.234 e. The van der Waals surface area contributed by atoms with Gasteiger partial charge in [-0.05, 0) is 56.5 Å². The monoisotopic (exact) mass is 471 g/mol. The van der Waals surface area contributed by atoms with E-state index >= 15 is 0 Å². The number of carbonyl (C=O) groups is 1. The van der Waals surface area contributed by atoms with E-state index in [0.717, 1.165) is 51.4 Å². The van der Waals surface area contributed by atoms with E-state index in [4.69, 9.17) is 15.1 Å². The molecule has 172 valence electrons. The van der Waals surface area contributed by atoms with Crippen molar-refractivity contribution in [2.45, 2.75) is 38.8 Å². The van der Waals surface area contributed by atoms with Crippen LogP contribution in [0.25, 0.3) is 16.6 Å². The highest BCUT2D eigenvalue weighted by atomic mass is 32.2. The molecule has 2 N–H and O–H groups in total. The van der Waals surface area contributed by atoms with Gasteiger partial charge in [-0.2, -0.15) is 9.61 Å². The lowest BCUT2D eigenvalue weighted by molar-refractivity contribution is -0.113. The molecule has 5 aromatic rings. The molecule has 5 rings (SSSR count). The van der Waals surface area contributed by atoms with Crippen molar-refractivity contribution < 1.29 is 4.79 Å². The minimum absolute atomic E-state index is 0.0892. The van der Waals surface area contributed by atoms with E-state index in [1.54, 1.807) is 4.52 Å². The molecule has 0 atom stereocenters. The van der Waals surface area contributed by atoms with Crippen molar-refractivity contribution in [1.29, 1.82) is 0 Å². The molecule has 0 saturated heterocycles. The number of benzene rings is 2. The van der Waals surface area contributed by atoms with Crippen molar-refractivity contribution in [1.82, 2.24) is 29.8 Å². The Morgan fingerprint density at radius 2 is 1.82 bits per heavy atom. The first-order chi connectivity index (χ1) is 16.5. The van der Waals surface area contributed by atoms with E-state index < -0.39 is 0 Å². The molecule has 34 heavy (non-hydrogen) atoms. The molecule has 8 nitrogen and oxygen atoms in total. The normalized spacial score (nSPS) is 11.4. The standard InChI is InChI=1S/C25H25N7OS/c1-15-8-4-6-10-20(15)26-23(33)14-34-25-27-21-11-7-5-9-19(21)24-28-22(31-32(24)25)13-12-18-16(2)29-30-17(18)3/h4-11H,12-14H2,1-3H3,(H,26,33)(H,29,30). The van der Waals surface area contributed by atoms with E-state index in [1.807, 2.05) is 69.3 Å². The van der Waals surface area contributed by atoms with Gasteiger partial charge in [0, 0.05) is 23.2 Å². The van der Waals surface area contributed by atoms with E-state index in [0.29, 0.717) is 11.6 Å². The molecular formula is C25H25N7OS. The van der Waals surface area contributed by atoms with Crippen LogP contribution in [0.2, 0.25) is 0 Å². The molecule has 0 aliphatic rings. The first-order valence-corrected chi connectivity index (χ1v) is 12.1. The fraction of sp³-hybridized carbons (Fsp3) is 0.240. The molecule has 2 aromatic carbocycles. The zero-order valence-electron chi connectivity index (χ0n) is 19.3. The second-order valence-corrected chi connectivity index (χ2v) is 9.18. The number of fused-ring (bicyclic) bond motifs is 3. The molecule has 0 fully saturated rings. The molecule has 0 radical (unpaired) electrons. The van der Waals surface area contributed by atoms with Crippen LogP contribution in [0.1, 0.15) is 28.3 Å². The van der Waals surface area contributed by atoms with Gasteiger partial charge in [0.05, 0.1) is 17.0 Å². The fourth-order valence-electron chi connectivity index (χ4n) is 3.98. The van der Waals surface area contributed by atoms with Gasteiger partial charge in [0.15, 0.2) is 16.6 Å². The highest BCUT2D eigenvalue weighted by Gasteiger charge is 2.16. The summed E-state index contributed by atoms with van der Waals surface area (Å²) in [7, 11) is 0. The predicted molar refractivity (Wildman–Crippen MR) is 134 cm³/mol.